The number of anilines is 1. The normalized spacial score (nSPS) is 19.5. The number of hydrogen-bond donors (Lipinski definition) is 1. The predicted octanol–water partition coefficient (Wildman–Crippen LogP) is 2.10. The van der Waals surface area contributed by atoms with Crippen LogP contribution in [0.5, 0.6) is 0 Å². The Morgan fingerprint density at radius 3 is 2.78 bits per heavy atom. The van der Waals surface area contributed by atoms with Crippen LogP contribution in [0.4, 0.5) is 5.82 Å². The van der Waals surface area contributed by atoms with E-state index in [9.17, 15) is 0 Å². The van der Waals surface area contributed by atoms with E-state index in [-0.39, 0.29) is 0 Å². The summed E-state index contributed by atoms with van der Waals surface area (Å²) in [6, 6.07) is 0. The number of hydrogen-bond acceptors (Lipinski definition) is 5. The molecule has 1 fully saturated rings. The number of likely N-dealkylation sites (tertiary alicyclic amines) is 1. The van der Waals surface area contributed by atoms with Crippen LogP contribution in [0.15, 0.2) is 24.8 Å². The quantitative estimate of drug-likeness (QED) is 0.916. The number of aryl methyl sites for hydroxylation is 1. The molecule has 1 unspecified atom stereocenters. The van der Waals surface area contributed by atoms with Crippen molar-refractivity contribution >= 4 is 5.82 Å². The molecule has 1 aliphatic heterocycles. The van der Waals surface area contributed by atoms with Crippen LogP contribution in [0.3, 0.4) is 0 Å². The lowest BCUT2D eigenvalue weighted by Gasteiger charge is -2.19. The van der Waals surface area contributed by atoms with Gasteiger partial charge in [0.25, 0.3) is 0 Å². The van der Waals surface area contributed by atoms with Crippen molar-refractivity contribution in [2.45, 2.75) is 32.2 Å². The maximum atomic E-state index is 4.51. The van der Waals surface area contributed by atoms with Gasteiger partial charge < -0.3 is 5.32 Å². The Labute approximate surface area is 137 Å². The van der Waals surface area contributed by atoms with Crippen molar-refractivity contribution in [3.8, 4) is 0 Å². The molecule has 1 atom stereocenters. The highest BCUT2D eigenvalue weighted by Crippen LogP contribution is 2.22. The molecule has 1 aliphatic rings. The van der Waals surface area contributed by atoms with Crippen molar-refractivity contribution in [2.75, 3.05) is 25.5 Å². The number of aromatic nitrogens is 4. The van der Waals surface area contributed by atoms with Gasteiger partial charge in [-0.15, -0.1) is 0 Å². The number of nitrogens with one attached hydrogen (secondary N) is 1. The Morgan fingerprint density at radius 1 is 1.17 bits per heavy atom. The Balaban J connectivity index is 1.51. The van der Waals surface area contributed by atoms with Crippen LogP contribution in [0.25, 0.3) is 0 Å². The lowest BCUT2D eigenvalue weighted by Crippen LogP contribution is -2.24. The first-order valence-corrected chi connectivity index (χ1v) is 8.41. The molecule has 6 heteroatoms. The molecule has 0 aliphatic carbocycles. The van der Waals surface area contributed by atoms with Crippen molar-refractivity contribution in [3.05, 3.63) is 36.0 Å². The first-order chi connectivity index (χ1) is 11.2. The molecule has 0 saturated carbocycles. The SMILES string of the molecule is CNc1cnc(CC2CCCN(Cc3cnn(C)c3)CC2)cn1. The highest BCUT2D eigenvalue weighted by Gasteiger charge is 2.18. The third-order valence-corrected chi connectivity index (χ3v) is 4.56. The van der Waals surface area contributed by atoms with Crippen molar-refractivity contribution in [1.29, 1.82) is 0 Å². The van der Waals surface area contributed by atoms with E-state index < -0.39 is 0 Å². The van der Waals surface area contributed by atoms with E-state index in [0.717, 1.165) is 31.0 Å². The average Bonchev–Trinajstić information content (AvgIpc) is 2.84. The molecule has 6 nitrogen and oxygen atoms in total. The van der Waals surface area contributed by atoms with Gasteiger partial charge in [-0.2, -0.15) is 5.10 Å². The molecule has 1 saturated heterocycles. The van der Waals surface area contributed by atoms with Gasteiger partial charge >= 0.3 is 0 Å². The molecule has 3 heterocycles. The lowest BCUT2D eigenvalue weighted by molar-refractivity contribution is 0.272. The van der Waals surface area contributed by atoms with Crippen molar-refractivity contribution in [2.24, 2.45) is 13.0 Å². The summed E-state index contributed by atoms with van der Waals surface area (Å²) < 4.78 is 1.88. The second kappa shape index (κ2) is 7.55. The monoisotopic (exact) mass is 314 g/mol. The average molecular weight is 314 g/mol. The topological polar surface area (TPSA) is 58.9 Å². The third kappa shape index (κ3) is 4.51. The Morgan fingerprint density at radius 2 is 2.09 bits per heavy atom. The second-order valence-corrected chi connectivity index (χ2v) is 6.44. The van der Waals surface area contributed by atoms with Crippen LogP contribution in [0.1, 0.15) is 30.5 Å². The van der Waals surface area contributed by atoms with E-state index in [1.165, 1.54) is 31.4 Å². The van der Waals surface area contributed by atoms with Gasteiger partial charge in [0.05, 0.1) is 24.3 Å². The fourth-order valence-electron chi connectivity index (χ4n) is 3.28. The zero-order valence-corrected chi connectivity index (χ0v) is 14.1. The summed E-state index contributed by atoms with van der Waals surface area (Å²) >= 11 is 0. The van der Waals surface area contributed by atoms with Crippen LogP contribution in [0.2, 0.25) is 0 Å². The third-order valence-electron chi connectivity index (χ3n) is 4.56. The highest BCUT2D eigenvalue weighted by atomic mass is 15.2. The van der Waals surface area contributed by atoms with E-state index >= 15 is 0 Å². The predicted molar refractivity (Wildman–Crippen MR) is 91.1 cm³/mol. The molecule has 0 bridgehead atoms. The summed E-state index contributed by atoms with van der Waals surface area (Å²) in [5.74, 6) is 1.54. The first kappa shape index (κ1) is 15.9. The Kier molecular flexibility index (Phi) is 5.23. The van der Waals surface area contributed by atoms with Gasteiger partial charge in [-0.05, 0) is 44.7 Å². The van der Waals surface area contributed by atoms with Crippen LogP contribution in [-0.2, 0) is 20.0 Å². The standard InChI is InChI=1S/C17H26N6/c1-18-17-11-19-16(10-20-17)8-14-4-3-6-23(7-5-14)13-15-9-21-22(2)12-15/h9-12,14H,3-8,13H2,1-2H3,(H,18,20). The summed E-state index contributed by atoms with van der Waals surface area (Å²) in [6.45, 7) is 3.34. The van der Waals surface area contributed by atoms with Crippen LogP contribution < -0.4 is 5.32 Å². The van der Waals surface area contributed by atoms with Crippen LogP contribution >= 0.6 is 0 Å². The fourth-order valence-corrected chi connectivity index (χ4v) is 3.28. The van der Waals surface area contributed by atoms with Gasteiger partial charge in [0.15, 0.2) is 0 Å². The molecule has 3 rings (SSSR count). The van der Waals surface area contributed by atoms with E-state index in [1.54, 1.807) is 0 Å². The summed E-state index contributed by atoms with van der Waals surface area (Å²) in [4.78, 5) is 11.4. The second-order valence-electron chi connectivity index (χ2n) is 6.44. The molecular weight excluding hydrogens is 288 g/mol. The summed E-state index contributed by atoms with van der Waals surface area (Å²) in [7, 11) is 3.84. The largest absolute Gasteiger partial charge is 0.372 e. The van der Waals surface area contributed by atoms with E-state index in [4.69, 9.17) is 0 Å². The zero-order chi connectivity index (χ0) is 16.1. The van der Waals surface area contributed by atoms with Gasteiger partial charge in [0.1, 0.15) is 5.82 Å². The van der Waals surface area contributed by atoms with Gasteiger partial charge in [-0.3, -0.25) is 14.6 Å². The zero-order valence-electron chi connectivity index (χ0n) is 14.1. The van der Waals surface area contributed by atoms with Gasteiger partial charge in [0.2, 0.25) is 0 Å². The lowest BCUT2D eigenvalue weighted by atomic mass is 9.95. The fraction of sp³-hybridized carbons (Fsp3) is 0.588. The molecule has 0 spiro atoms. The molecule has 0 amide bonds. The first-order valence-electron chi connectivity index (χ1n) is 8.41. The summed E-state index contributed by atoms with van der Waals surface area (Å²) in [6.07, 6.45) is 12.6. The number of rotatable bonds is 5. The Hall–Kier alpha value is -1.95. The summed E-state index contributed by atoms with van der Waals surface area (Å²) in [5, 5.41) is 7.27. The van der Waals surface area contributed by atoms with Gasteiger partial charge in [-0.25, -0.2) is 4.98 Å². The minimum atomic E-state index is 0.712. The van der Waals surface area contributed by atoms with Gasteiger partial charge in [0, 0.05) is 32.4 Å². The van der Waals surface area contributed by atoms with Crippen molar-refractivity contribution in [3.63, 3.8) is 0 Å². The van der Waals surface area contributed by atoms with Crippen LogP contribution in [-0.4, -0.2) is 44.8 Å². The molecular formula is C17H26N6. The molecule has 2 aromatic rings. The minimum Gasteiger partial charge on any atom is -0.372 e. The van der Waals surface area contributed by atoms with Gasteiger partial charge in [-0.1, -0.05) is 0 Å². The molecule has 23 heavy (non-hydrogen) atoms. The Bertz CT molecular complexity index is 606. The smallest absolute Gasteiger partial charge is 0.144 e. The minimum absolute atomic E-state index is 0.712. The van der Waals surface area contributed by atoms with E-state index in [2.05, 4.69) is 31.5 Å². The maximum absolute atomic E-state index is 4.51. The molecule has 0 radical (unpaired) electrons. The van der Waals surface area contributed by atoms with Crippen molar-refractivity contribution in [1.82, 2.24) is 24.6 Å². The van der Waals surface area contributed by atoms with Crippen molar-refractivity contribution < 1.29 is 0 Å². The maximum Gasteiger partial charge on any atom is 0.144 e. The molecule has 1 N–H and O–H groups in total. The number of nitrogens with zero attached hydrogens (tertiary/aromatic N) is 5. The molecule has 0 aromatic carbocycles. The molecule has 124 valence electrons. The van der Waals surface area contributed by atoms with E-state index in [0.29, 0.717) is 5.92 Å². The highest BCUT2D eigenvalue weighted by molar-refractivity contribution is 5.29. The van der Waals surface area contributed by atoms with Crippen LogP contribution in [0, 0.1) is 5.92 Å². The molecule has 2 aromatic heterocycles. The van der Waals surface area contributed by atoms with E-state index in [1.807, 2.05) is 37.4 Å². The summed E-state index contributed by atoms with van der Waals surface area (Å²) in [5.41, 5.74) is 2.41.